The molecule has 21 heavy (non-hydrogen) atoms. The summed E-state index contributed by atoms with van der Waals surface area (Å²) in [6.45, 7) is 4.85. The van der Waals surface area contributed by atoms with Crippen molar-refractivity contribution in [3.8, 4) is 23.6 Å². The minimum absolute atomic E-state index is 0.214. The lowest BCUT2D eigenvalue weighted by Crippen LogP contribution is -2.09. The SMILES string of the molecule is CC(=O)n1nc(C)c(Oc2cc(C#N)cc(C#N)c2)c1C. The normalized spacial score (nSPS) is 9.76. The van der Waals surface area contributed by atoms with Crippen LogP contribution in [0.4, 0.5) is 0 Å². The molecule has 0 aliphatic rings. The van der Waals surface area contributed by atoms with Gasteiger partial charge in [-0.15, -0.1) is 0 Å². The van der Waals surface area contributed by atoms with Gasteiger partial charge in [-0.3, -0.25) is 4.79 Å². The summed E-state index contributed by atoms with van der Waals surface area (Å²) in [7, 11) is 0. The van der Waals surface area contributed by atoms with Gasteiger partial charge in [0.1, 0.15) is 11.4 Å². The van der Waals surface area contributed by atoms with Crippen LogP contribution in [0, 0.1) is 36.5 Å². The van der Waals surface area contributed by atoms with Gasteiger partial charge in [-0.2, -0.15) is 15.6 Å². The predicted molar refractivity (Wildman–Crippen MR) is 73.9 cm³/mol. The molecule has 0 atom stereocenters. The van der Waals surface area contributed by atoms with Crippen molar-refractivity contribution in [3.05, 3.63) is 40.7 Å². The molecule has 0 bridgehead atoms. The highest BCUT2D eigenvalue weighted by Crippen LogP contribution is 2.29. The lowest BCUT2D eigenvalue weighted by molar-refractivity contribution is 0.0918. The van der Waals surface area contributed by atoms with Gasteiger partial charge in [0.2, 0.25) is 5.91 Å². The highest BCUT2D eigenvalue weighted by atomic mass is 16.5. The summed E-state index contributed by atoms with van der Waals surface area (Å²) >= 11 is 0. The average Bonchev–Trinajstić information content (AvgIpc) is 2.75. The molecule has 0 fully saturated rings. The zero-order chi connectivity index (χ0) is 15.6. The van der Waals surface area contributed by atoms with Crippen LogP contribution >= 0.6 is 0 Å². The van der Waals surface area contributed by atoms with Crippen molar-refractivity contribution >= 4 is 5.91 Å². The van der Waals surface area contributed by atoms with Gasteiger partial charge in [0.25, 0.3) is 0 Å². The molecule has 0 saturated heterocycles. The van der Waals surface area contributed by atoms with Crippen molar-refractivity contribution in [3.63, 3.8) is 0 Å². The number of rotatable bonds is 2. The van der Waals surface area contributed by atoms with E-state index >= 15 is 0 Å². The molecular weight excluding hydrogens is 268 g/mol. The van der Waals surface area contributed by atoms with Crippen molar-refractivity contribution in [1.82, 2.24) is 9.78 Å². The summed E-state index contributed by atoms with van der Waals surface area (Å²) in [6, 6.07) is 8.49. The van der Waals surface area contributed by atoms with Crippen LogP contribution in [0.3, 0.4) is 0 Å². The van der Waals surface area contributed by atoms with Crippen LogP contribution in [0.2, 0.25) is 0 Å². The number of aryl methyl sites for hydroxylation is 1. The molecule has 1 aromatic carbocycles. The number of carbonyl (C=O) groups is 1. The van der Waals surface area contributed by atoms with E-state index in [0.717, 1.165) is 0 Å². The van der Waals surface area contributed by atoms with Crippen LogP contribution in [0.15, 0.2) is 18.2 Å². The highest BCUT2D eigenvalue weighted by Gasteiger charge is 2.16. The van der Waals surface area contributed by atoms with Crippen molar-refractivity contribution in [2.75, 3.05) is 0 Å². The molecular formula is C15H12N4O2. The first-order valence-electron chi connectivity index (χ1n) is 6.16. The summed E-state index contributed by atoms with van der Waals surface area (Å²) in [5, 5.41) is 22.0. The van der Waals surface area contributed by atoms with Gasteiger partial charge < -0.3 is 4.74 Å². The Balaban J connectivity index is 2.46. The van der Waals surface area contributed by atoms with E-state index in [-0.39, 0.29) is 5.91 Å². The van der Waals surface area contributed by atoms with Gasteiger partial charge in [0.05, 0.1) is 29.0 Å². The van der Waals surface area contributed by atoms with E-state index in [2.05, 4.69) is 5.10 Å². The van der Waals surface area contributed by atoms with Crippen LogP contribution < -0.4 is 4.74 Å². The van der Waals surface area contributed by atoms with Crippen molar-refractivity contribution in [2.45, 2.75) is 20.8 Å². The molecule has 0 aliphatic heterocycles. The van der Waals surface area contributed by atoms with Gasteiger partial charge in [0, 0.05) is 6.92 Å². The maximum absolute atomic E-state index is 11.4. The lowest BCUT2D eigenvalue weighted by Gasteiger charge is -2.07. The number of nitrogens with zero attached hydrogens (tertiary/aromatic N) is 4. The molecule has 0 amide bonds. The third-order valence-electron chi connectivity index (χ3n) is 2.91. The zero-order valence-electron chi connectivity index (χ0n) is 11.8. The van der Waals surface area contributed by atoms with E-state index < -0.39 is 0 Å². The van der Waals surface area contributed by atoms with Crippen molar-refractivity contribution < 1.29 is 9.53 Å². The molecule has 2 aromatic rings. The van der Waals surface area contributed by atoms with Gasteiger partial charge in [0.15, 0.2) is 5.75 Å². The molecule has 2 rings (SSSR count). The molecule has 104 valence electrons. The summed E-state index contributed by atoms with van der Waals surface area (Å²) < 4.78 is 6.97. The molecule has 0 N–H and O–H groups in total. The zero-order valence-corrected chi connectivity index (χ0v) is 11.8. The monoisotopic (exact) mass is 280 g/mol. The number of hydrogen-bond donors (Lipinski definition) is 0. The molecule has 1 heterocycles. The minimum Gasteiger partial charge on any atom is -0.453 e. The molecule has 1 aromatic heterocycles. The van der Waals surface area contributed by atoms with E-state index in [1.807, 2.05) is 12.1 Å². The Labute approximate surface area is 121 Å². The first-order valence-corrected chi connectivity index (χ1v) is 6.16. The maximum atomic E-state index is 11.4. The number of nitriles is 2. The van der Waals surface area contributed by atoms with Crippen molar-refractivity contribution in [1.29, 1.82) is 10.5 Å². The third-order valence-corrected chi connectivity index (χ3v) is 2.91. The maximum Gasteiger partial charge on any atom is 0.244 e. The van der Waals surface area contributed by atoms with E-state index in [0.29, 0.717) is 34.0 Å². The molecule has 0 spiro atoms. The molecule has 0 radical (unpaired) electrons. The van der Waals surface area contributed by atoms with Crippen LogP contribution in [0.25, 0.3) is 0 Å². The summed E-state index contributed by atoms with van der Waals surface area (Å²) in [6.07, 6.45) is 0. The summed E-state index contributed by atoms with van der Waals surface area (Å²) in [5.41, 5.74) is 1.79. The first kappa shape index (κ1) is 14.3. The van der Waals surface area contributed by atoms with Crippen molar-refractivity contribution in [2.24, 2.45) is 0 Å². The average molecular weight is 280 g/mol. The minimum atomic E-state index is -0.214. The first-order chi connectivity index (χ1) is 9.96. The largest absolute Gasteiger partial charge is 0.453 e. The fraction of sp³-hybridized carbons (Fsp3) is 0.200. The van der Waals surface area contributed by atoms with Crippen LogP contribution in [-0.4, -0.2) is 15.7 Å². The number of ether oxygens (including phenoxy) is 1. The van der Waals surface area contributed by atoms with Crippen LogP contribution in [-0.2, 0) is 0 Å². The fourth-order valence-electron chi connectivity index (χ4n) is 1.99. The number of hydrogen-bond acceptors (Lipinski definition) is 5. The van der Waals surface area contributed by atoms with Gasteiger partial charge >= 0.3 is 0 Å². The van der Waals surface area contributed by atoms with Gasteiger partial charge in [-0.1, -0.05) is 0 Å². The van der Waals surface area contributed by atoms with E-state index in [1.54, 1.807) is 13.8 Å². The molecule has 0 saturated carbocycles. The van der Waals surface area contributed by atoms with Crippen LogP contribution in [0.5, 0.6) is 11.5 Å². The fourth-order valence-corrected chi connectivity index (χ4v) is 1.99. The Morgan fingerprint density at radius 3 is 2.19 bits per heavy atom. The smallest absolute Gasteiger partial charge is 0.244 e. The van der Waals surface area contributed by atoms with Crippen LogP contribution in [0.1, 0.15) is 34.2 Å². The summed E-state index contributed by atoms with van der Waals surface area (Å²) in [5.74, 6) is 0.595. The molecule has 6 heteroatoms. The standard InChI is InChI=1S/C15H12N4O2/c1-9-15(10(2)19(18-9)11(3)20)21-14-5-12(7-16)4-13(6-14)8-17/h4-6H,1-3H3. The quantitative estimate of drug-likeness (QED) is 0.843. The Bertz CT molecular complexity index is 774. The predicted octanol–water partition coefficient (Wildman–Crippen LogP) is 2.70. The second kappa shape index (κ2) is 5.48. The second-order valence-corrected chi connectivity index (χ2v) is 4.50. The Hall–Kier alpha value is -3.12. The molecule has 0 aliphatic carbocycles. The van der Waals surface area contributed by atoms with Gasteiger partial charge in [-0.05, 0) is 32.0 Å². The van der Waals surface area contributed by atoms with Gasteiger partial charge in [-0.25, -0.2) is 4.68 Å². The molecule has 6 nitrogen and oxygen atoms in total. The van der Waals surface area contributed by atoms with E-state index in [4.69, 9.17) is 15.3 Å². The second-order valence-electron chi connectivity index (χ2n) is 4.50. The highest BCUT2D eigenvalue weighted by molar-refractivity contribution is 5.76. The lowest BCUT2D eigenvalue weighted by atomic mass is 10.1. The Morgan fingerprint density at radius 1 is 1.19 bits per heavy atom. The number of benzene rings is 1. The Kier molecular flexibility index (Phi) is 3.73. The molecule has 0 unspecified atom stereocenters. The third kappa shape index (κ3) is 2.75. The topological polar surface area (TPSA) is 91.7 Å². The number of carbonyl (C=O) groups excluding carboxylic acids is 1. The summed E-state index contributed by atoms with van der Waals surface area (Å²) in [4.78, 5) is 11.4. The van der Waals surface area contributed by atoms with E-state index in [1.165, 1.54) is 29.8 Å². The Morgan fingerprint density at radius 2 is 1.76 bits per heavy atom. The van der Waals surface area contributed by atoms with E-state index in [9.17, 15) is 4.79 Å². The number of aromatic nitrogens is 2.